The number of aromatic nitrogens is 2. The van der Waals surface area contributed by atoms with Gasteiger partial charge in [-0.15, -0.1) is 11.6 Å². The molecule has 0 spiro atoms. The third kappa shape index (κ3) is 2.26. The highest BCUT2D eigenvalue weighted by Crippen LogP contribution is 2.29. The zero-order valence-corrected chi connectivity index (χ0v) is 12.1. The molecule has 3 rings (SSSR count). The van der Waals surface area contributed by atoms with Gasteiger partial charge in [-0.3, -0.25) is 0 Å². The Bertz CT molecular complexity index is 558. The van der Waals surface area contributed by atoms with Crippen LogP contribution < -0.4 is 0 Å². The summed E-state index contributed by atoms with van der Waals surface area (Å²) in [5, 5.41) is 0.727. The van der Waals surface area contributed by atoms with Crippen LogP contribution in [0.5, 0.6) is 0 Å². The fraction of sp³-hybridized carbons (Fsp3) is 0.500. The predicted molar refractivity (Wildman–Crippen MR) is 79.5 cm³/mol. The second-order valence-electron chi connectivity index (χ2n) is 4.90. The summed E-state index contributed by atoms with van der Waals surface area (Å²) >= 11 is 8.12. The molecule has 1 saturated heterocycles. The third-order valence-corrected chi connectivity index (χ3v) is 5.13. The first-order valence-corrected chi connectivity index (χ1v) is 7.99. The van der Waals surface area contributed by atoms with Gasteiger partial charge in [-0.1, -0.05) is 6.07 Å². The summed E-state index contributed by atoms with van der Waals surface area (Å²) in [6, 6.07) is 6.47. The van der Waals surface area contributed by atoms with Crippen LogP contribution in [0.3, 0.4) is 0 Å². The van der Waals surface area contributed by atoms with Gasteiger partial charge in [0.1, 0.15) is 5.82 Å². The van der Waals surface area contributed by atoms with Crippen LogP contribution in [0.15, 0.2) is 18.2 Å². The van der Waals surface area contributed by atoms with E-state index in [9.17, 15) is 0 Å². The molecule has 2 nitrogen and oxygen atoms in total. The highest BCUT2D eigenvalue weighted by atomic mass is 35.5. The molecule has 4 heteroatoms. The molecule has 0 bridgehead atoms. The van der Waals surface area contributed by atoms with Gasteiger partial charge in [-0.05, 0) is 43.2 Å². The lowest BCUT2D eigenvalue weighted by molar-refractivity contribution is 0.634. The second kappa shape index (κ2) is 5.14. The molecule has 1 unspecified atom stereocenters. The third-order valence-electron chi connectivity index (χ3n) is 3.51. The first-order valence-electron chi connectivity index (χ1n) is 6.41. The standard InChI is InChI=1S/C14H17ClN2S/c1-10-4-5-13-12(7-10)16-14(8-15)17(13)9-11-3-2-6-18-11/h4-5,7,11H,2-3,6,8-9H2,1H3. The van der Waals surface area contributed by atoms with Gasteiger partial charge in [0.25, 0.3) is 0 Å². The molecule has 0 saturated carbocycles. The fourth-order valence-electron chi connectivity index (χ4n) is 2.59. The van der Waals surface area contributed by atoms with Gasteiger partial charge in [-0.25, -0.2) is 4.98 Å². The Kier molecular flexibility index (Phi) is 3.53. The van der Waals surface area contributed by atoms with Crippen molar-refractivity contribution in [2.75, 3.05) is 5.75 Å². The second-order valence-corrected chi connectivity index (χ2v) is 6.57. The van der Waals surface area contributed by atoms with Crippen LogP contribution >= 0.6 is 23.4 Å². The smallest absolute Gasteiger partial charge is 0.124 e. The van der Waals surface area contributed by atoms with Crippen molar-refractivity contribution in [2.45, 2.75) is 37.4 Å². The van der Waals surface area contributed by atoms with E-state index in [1.807, 2.05) is 0 Å². The first-order chi connectivity index (χ1) is 8.78. The van der Waals surface area contributed by atoms with Crippen LogP contribution in [0.2, 0.25) is 0 Å². The number of fused-ring (bicyclic) bond motifs is 1. The maximum absolute atomic E-state index is 6.04. The molecular formula is C14H17ClN2S. The van der Waals surface area contributed by atoms with E-state index in [2.05, 4.69) is 46.4 Å². The van der Waals surface area contributed by atoms with Crippen LogP contribution in [-0.2, 0) is 12.4 Å². The molecule has 1 fully saturated rings. The monoisotopic (exact) mass is 280 g/mol. The molecular weight excluding hydrogens is 264 g/mol. The molecule has 2 heterocycles. The molecule has 1 aromatic carbocycles. The van der Waals surface area contributed by atoms with Gasteiger partial charge in [0.05, 0.1) is 16.9 Å². The highest BCUT2D eigenvalue weighted by Gasteiger charge is 2.19. The molecule has 1 aliphatic rings. The van der Waals surface area contributed by atoms with Crippen molar-refractivity contribution >= 4 is 34.4 Å². The van der Waals surface area contributed by atoms with Crippen LogP contribution in [0, 0.1) is 6.92 Å². The topological polar surface area (TPSA) is 17.8 Å². The molecule has 1 atom stereocenters. The van der Waals surface area contributed by atoms with E-state index >= 15 is 0 Å². The van der Waals surface area contributed by atoms with Crippen molar-refractivity contribution < 1.29 is 0 Å². The van der Waals surface area contributed by atoms with Crippen LogP contribution in [0.4, 0.5) is 0 Å². The normalized spacial score (nSPS) is 19.8. The molecule has 0 N–H and O–H groups in total. The molecule has 96 valence electrons. The van der Waals surface area contributed by atoms with E-state index < -0.39 is 0 Å². The Balaban J connectivity index is 2.01. The Morgan fingerprint density at radius 3 is 3.11 bits per heavy atom. The highest BCUT2D eigenvalue weighted by molar-refractivity contribution is 8.00. The molecule has 2 aromatic rings. The van der Waals surface area contributed by atoms with Crippen molar-refractivity contribution in [3.05, 3.63) is 29.6 Å². The average Bonchev–Trinajstić information content (AvgIpc) is 2.97. The van der Waals surface area contributed by atoms with E-state index in [1.165, 1.54) is 29.7 Å². The van der Waals surface area contributed by atoms with Gasteiger partial charge in [0.15, 0.2) is 0 Å². The Morgan fingerprint density at radius 2 is 2.39 bits per heavy atom. The van der Waals surface area contributed by atoms with Crippen molar-refractivity contribution in [1.29, 1.82) is 0 Å². The van der Waals surface area contributed by atoms with E-state index in [4.69, 9.17) is 11.6 Å². The molecule has 1 aromatic heterocycles. The van der Waals surface area contributed by atoms with Crippen molar-refractivity contribution in [2.24, 2.45) is 0 Å². The molecule has 0 amide bonds. The largest absolute Gasteiger partial charge is 0.326 e. The summed E-state index contributed by atoms with van der Waals surface area (Å²) in [5.41, 5.74) is 3.56. The summed E-state index contributed by atoms with van der Waals surface area (Å²) in [5.74, 6) is 2.79. The lowest BCUT2D eigenvalue weighted by Gasteiger charge is -2.12. The molecule has 0 aliphatic carbocycles. The summed E-state index contributed by atoms with van der Waals surface area (Å²) in [6.07, 6.45) is 2.66. The van der Waals surface area contributed by atoms with E-state index in [1.54, 1.807) is 0 Å². The summed E-state index contributed by atoms with van der Waals surface area (Å²) < 4.78 is 2.31. The quantitative estimate of drug-likeness (QED) is 0.792. The predicted octanol–water partition coefficient (Wildman–Crippen LogP) is 3.98. The van der Waals surface area contributed by atoms with Crippen molar-refractivity contribution in [1.82, 2.24) is 9.55 Å². The number of aryl methyl sites for hydroxylation is 1. The number of thioether (sulfide) groups is 1. The minimum Gasteiger partial charge on any atom is -0.326 e. The maximum Gasteiger partial charge on any atom is 0.124 e. The number of nitrogens with zero attached hydrogens (tertiary/aromatic N) is 2. The Hall–Kier alpha value is -0.670. The summed E-state index contributed by atoms with van der Waals surface area (Å²) in [7, 11) is 0. The number of benzene rings is 1. The minimum atomic E-state index is 0.491. The lowest BCUT2D eigenvalue weighted by Crippen LogP contribution is -2.12. The van der Waals surface area contributed by atoms with Gasteiger partial charge in [0.2, 0.25) is 0 Å². The fourth-order valence-corrected chi connectivity index (χ4v) is 4.05. The number of hydrogen-bond donors (Lipinski definition) is 0. The molecule has 18 heavy (non-hydrogen) atoms. The maximum atomic E-state index is 6.04. The SMILES string of the molecule is Cc1ccc2c(c1)nc(CCl)n2CC1CCCS1. The number of alkyl halides is 1. The summed E-state index contributed by atoms with van der Waals surface area (Å²) in [6.45, 7) is 3.15. The van der Waals surface area contributed by atoms with E-state index in [0.29, 0.717) is 5.88 Å². The first kappa shape index (κ1) is 12.4. The van der Waals surface area contributed by atoms with E-state index in [-0.39, 0.29) is 0 Å². The van der Waals surface area contributed by atoms with Crippen LogP contribution in [-0.4, -0.2) is 20.6 Å². The van der Waals surface area contributed by atoms with Gasteiger partial charge in [0, 0.05) is 11.8 Å². The van der Waals surface area contributed by atoms with Crippen molar-refractivity contribution in [3.8, 4) is 0 Å². The molecule has 1 aliphatic heterocycles. The lowest BCUT2D eigenvalue weighted by atomic mass is 10.2. The molecule has 0 radical (unpaired) electrons. The van der Waals surface area contributed by atoms with E-state index in [0.717, 1.165) is 23.1 Å². The zero-order chi connectivity index (χ0) is 12.5. The van der Waals surface area contributed by atoms with Crippen LogP contribution in [0.25, 0.3) is 11.0 Å². The zero-order valence-electron chi connectivity index (χ0n) is 10.5. The Morgan fingerprint density at radius 1 is 1.50 bits per heavy atom. The van der Waals surface area contributed by atoms with Gasteiger partial charge in [-0.2, -0.15) is 11.8 Å². The number of hydrogen-bond acceptors (Lipinski definition) is 2. The van der Waals surface area contributed by atoms with Crippen LogP contribution in [0.1, 0.15) is 24.2 Å². The van der Waals surface area contributed by atoms with Crippen molar-refractivity contribution in [3.63, 3.8) is 0 Å². The minimum absolute atomic E-state index is 0.491. The van der Waals surface area contributed by atoms with Gasteiger partial charge < -0.3 is 4.57 Å². The number of halogens is 1. The van der Waals surface area contributed by atoms with Gasteiger partial charge >= 0.3 is 0 Å². The number of imidazole rings is 1. The average molecular weight is 281 g/mol. The summed E-state index contributed by atoms with van der Waals surface area (Å²) in [4.78, 5) is 4.66. The Labute approximate surface area is 117 Å². The number of rotatable bonds is 3.